The standard InChI is InChI=1S/C20H13Br2FN2O5/c1-30-15-5-11-12(6-13(15)22)20(7-16(26)24-18(20)28)19(29)25(17(11)27)8-9-2-3-10(21)4-14(9)23/h2-6H,7-8H2,1H3,(H,24,26,28). The highest BCUT2D eigenvalue weighted by molar-refractivity contribution is 9.10. The molecular weight excluding hydrogens is 527 g/mol. The van der Waals surface area contributed by atoms with Crippen molar-refractivity contribution in [1.29, 1.82) is 0 Å². The van der Waals surface area contributed by atoms with Gasteiger partial charge in [-0.1, -0.05) is 22.0 Å². The molecule has 154 valence electrons. The maximum atomic E-state index is 14.4. The van der Waals surface area contributed by atoms with Gasteiger partial charge in [0.2, 0.25) is 11.8 Å². The van der Waals surface area contributed by atoms with Gasteiger partial charge in [-0.05, 0) is 45.8 Å². The van der Waals surface area contributed by atoms with E-state index in [1.165, 1.54) is 31.4 Å². The summed E-state index contributed by atoms with van der Waals surface area (Å²) in [7, 11) is 1.40. The van der Waals surface area contributed by atoms with Crippen LogP contribution in [0.2, 0.25) is 0 Å². The number of carbonyl (C=O) groups excluding carboxylic acids is 4. The van der Waals surface area contributed by atoms with E-state index in [9.17, 15) is 23.6 Å². The van der Waals surface area contributed by atoms with Crippen molar-refractivity contribution in [1.82, 2.24) is 10.2 Å². The number of benzene rings is 2. The Morgan fingerprint density at radius 2 is 1.90 bits per heavy atom. The first-order chi connectivity index (χ1) is 14.2. The van der Waals surface area contributed by atoms with Gasteiger partial charge in [0.15, 0.2) is 5.41 Å². The van der Waals surface area contributed by atoms with Gasteiger partial charge in [0.25, 0.3) is 11.8 Å². The fourth-order valence-electron chi connectivity index (χ4n) is 3.78. The number of hydrogen-bond acceptors (Lipinski definition) is 5. The van der Waals surface area contributed by atoms with Crippen LogP contribution in [0.5, 0.6) is 5.75 Å². The fraction of sp³-hybridized carbons (Fsp3) is 0.200. The Labute approximate surface area is 186 Å². The first-order valence-electron chi connectivity index (χ1n) is 8.71. The van der Waals surface area contributed by atoms with Crippen LogP contribution < -0.4 is 10.1 Å². The van der Waals surface area contributed by atoms with E-state index < -0.39 is 47.8 Å². The third-order valence-electron chi connectivity index (χ3n) is 5.25. The van der Waals surface area contributed by atoms with E-state index in [4.69, 9.17) is 4.74 Å². The van der Waals surface area contributed by atoms with Crippen LogP contribution in [0.4, 0.5) is 4.39 Å². The number of rotatable bonds is 3. The van der Waals surface area contributed by atoms with Crippen LogP contribution in [-0.2, 0) is 26.3 Å². The van der Waals surface area contributed by atoms with Crippen molar-refractivity contribution in [2.75, 3.05) is 7.11 Å². The molecule has 10 heteroatoms. The molecule has 1 fully saturated rings. The fourth-order valence-corrected chi connectivity index (χ4v) is 4.61. The van der Waals surface area contributed by atoms with Crippen LogP contribution in [0, 0.1) is 5.82 Å². The lowest BCUT2D eigenvalue weighted by Gasteiger charge is -2.37. The molecule has 1 saturated heterocycles. The second kappa shape index (κ2) is 7.28. The summed E-state index contributed by atoms with van der Waals surface area (Å²) in [6, 6.07) is 7.07. The third-order valence-corrected chi connectivity index (χ3v) is 6.36. The van der Waals surface area contributed by atoms with Crippen molar-refractivity contribution in [3.8, 4) is 5.75 Å². The first kappa shape index (κ1) is 20.7. The number of nitrogens with one attached hydrogen (secondary N) is 1. The van der Waals surface area contributed by atoms with Crippen molar-refractivity contribution in [2.45, 2.75) is 18.4 Å². The number of amides is 4. The van der Waals surface area contributed by atoms with Gasteiger partial charge in [-0.2, -0.15) is 0 Å². The van der Waals surface area contributed by atoms with Crippen molar-refractivity contribution in [3.05, 3.63) is 61.8 Å². The molecule has 4 rings (SSSR count). The molecule has 0 radical (unpaired) electrons. The smallest absolute Gasteiger partial charge is 0.261 e. The van der Waals surface area contributed by atoms with Gasteiger partial charge in [-0.3, -0.25) is 29.4 Å². The number of halogens is 3. The molecule has 2 aromatic carbocycles. The molecule has 0 aromatic heterocycles. The molecule has 2 aromatic rings. The minimum Gasteiger partial charge on any atom is -0.496 e. The summed E-state index contributed by atoms with van der Waals surface area (Å²) in [4.78, 5) is 52.3. The zero-order chi connectivity index (χ0) is 21.8. The Kier molecular flexibility index (Phi) is 5.01. The molecule has 30 heavy (non-hydrogen) atoms. The molecular formula is C20H13Br2FN2O5. The van der Waals surface area contributed by atoms with Crippen molar-refractivity contribution >= 4 is 55.5 Å². The lowest BCUT2D eigenvalue weighted by molar-refractivity contribution is -0.142. The summed E-state index contributed by atoms with van der Waals surface area (Å²) in [5, 5.41) is 2.15. The Balaban J connectivity index is 1.91. The minimum absolute atomic E-state index is 0.0389. The molecule has 7 nitrogen and oxygen atoms in total. The molecule has 1 atom stereocenters. The van der Waals surface area contributed by atoms with E-state index in [0.717, 1.165) is 4.90 Å². The van der Waals surface area contributed by atoms with Crippen LogP contribution in [0.25, 0.3) is 0 Å². The van der Waals surface area contributed by atoms with Gasteiger partial charge in [0, 0.05) is 15.6 Å². The van der Waals surface area contributed by atoms with Crippen LogP contribution in [0.15, 0.2) is 39.3 Å². The van der Waals surface area contributed by atoms with E-state index in [0.29, 0.717) is 14.7 Å². The third kappa shape index (κ3) is 2.97. The summed E-state index contributed by atoms with van der Waals surface area (Å²) >= 11 is 6.45. The maximum absolute atomic E-state index is 14.4. The topological polar surface area (TPSA) is 92.8 Å². The number of ether oxygens (including phenoxy) is 1. The van der Waals surface area contributed by atoms with Crippen LogP contribution in [0.3, 0.4) is 0 Å². The normalized spacial score (nSPS) is 20.6. The van der Waals surface area contributed by atoms with Crippen LogP contribution in [0.1, 0.15) is 27.9 Å². The molecule has 2 aliphatic rings. The molecule has 2 aliphatic heterocycles. The molecule has 1 spiro atoms. The molecule has 1 N–H and O–H groups in total. The molecule has 1 unspecified atom stereocenters. The minimum atomic E-state index is -1.90. The summed E-state index contributed by atoms with van der Waals surface area (Å²) in [5.41, 5.74) is -1.66. The highest BCUT2D eigenvalue weighted by Gasteiger charge is 2.60. The van der Waals surface area contributed by atoms with Gasteiger partial charge in [0.1, 0.15) is 11.6 Å². The zero-order valence-corrected chi connectivity index (χ0v) is 18.6. The van der Waals surface area contributed by atoms with E-state index in [1.54, 1.807) is 6.07 Å². The zero-order valence-electron chi connectivity index (χ0n) is 15.4. The number of nitrogens with zero attached hydrogens (tertiary/aromatic N) is 1. The second-order valence-corrected chi connectivity index (χ2v) is 8.69. The summed E-state index contributed by atoms with van der Waals surface area (Å²) in [6.07, 6.45) is -0.441. The quantitative estimate of drug-likeness (QED) is 0.478. The second-order valence-electron chi connectivity index (χ2n) is 6.92. The van der Waals surface area contributed by atoms with Crippen LogP contribution >= 0.6 is 31.9 Å². The predicted molar refractivity (Wildman–Crippen MR) is 109 cm³/mol. The lowest BCUT2D eigenvalue weighted by Crippen LogP contribution is -2.57. The SMILES string of the molecule is COc1cc2c(cc1Br)C1(CC(=O)NC1=O)C(=O)N(Cc1ccc(Br)cc1F)C2=O. The molecule has 0 bridgehead atoms. The Morgan fingerprint density at radius 3 is 2.50 bits per heavy atom. The largest absolute Gasteiger partial charge is 0.496 e. The van der Waals surface area contributed by atoms with E-state index in [2.05, 4.69) is 37.2 Å². The number of carbonyl (C=O) groups is 4. The number of methoxy groups -OCH3 is 1. The average Bonchev–Trinajstić information content (AvgIpc) is 2.99. The lowest BCUT2D eigenvalue weighted by atomic mass is 9.72. The van der Waals surface area contributed by atoms with Crippen molar-refractivity contribution < 1.29 is 28.3 Å². The maximum Gasteiger partial charge on any atom is 0.261 e. The number of imide groups is 2. The van der Waals surface area contributed by atoms with Gasteiger partial charge in [-0.25, -0.2) is 4.39 Å². The molecule has 0 saturated carbocycles. The Bertz CT molecular complexity index is 1150. The van der Waals surface area contributed by atoms with Gasteiger partial charge in [0.05, 0.1) is 24.5 Å². The summed E-state index contributed by atoms with van der Waals surface area (Å²) in [6.45, 7) is -0.391. The molecule has 0 aliphatic carbocycles. The van der Waals surface area contributed by atoms with E-state index in [1.807, 2.05) is 0 Å². The van der Waals surface area contributed by atoms with Crippen LogP contribution in [-0.4, -0.2) is 35.6 Å². The number of fused-ring (bicyclic) bond motifs is 2. The van der Waals surface area contributed by atoms with Gasteiger partial charge < -0.3 is 4.74 Å². The van der Waals surface area contributed by atoms with Gasteiger partial charge in [-0.15, -0.1) is 0 Å². The van der Waals surface area contributed by atoms with E-state index in [-0.39, 0.29) is 16.7 Å². The average molecular weight is 540 g/mol. The summed E-state index contributed by atoms with van der Waals surface area (Å²) in [5.74, 6) is -3.33. The molecule has 2 heterocycles. The highest BCUT2D eigenvalue weighted by atomic mass is 79.9. The summed E-state index contributed by atoms with van der Waals surface area (Å²) < 4.78 is 20.5. The number of hydrogen-bond donors (Lipinski definition) is 1. The molecule has 4 amide bonds. The first-order valence-corrected chi connectivity index (χ1v) is 10.3. The van der Waals surface area contributed by atoms with Crippen molar-refractivity contribution in [3.63, 3.8) is 0 Å². The van der Waals surface area contributed by atoms with E-state index >= 15 is 0 Å². The van der Waals surface area contributed by atoms with Crippen molar-refractivity contribution in [2.24, 2.45) is 0 Å². The monoisotopic (exact) mass is 538 g/mol. The highest BCUT2D eigenvalue weighted by Crippen LogP contribution is 2.44. The van der Waals surface area contributed by atoms with Gasteiger partial charge >= 0.3 is 0 Å². The Hall–Kier alpha value is -2.59. The predicted octanol–water partition coefficient (Wildman–Crippen LogP) is 2.83. The Morgan fingerprint density at radius 1 is 1.17 bits per heavy atom.